The molecule has 0 spiro atoms. The zero-order valence-electron chi connectivity index (χ0n) is 36.7. The van der Waals surface area contributed by atoms with Gasteiger partial charge in [-0.15, -0.1) is 0 Å². The maximum Gasteiger partial charge on any atom is 0.0974 e. The van der Waals surface area contributed by atoms with Crippen LogP contribution in [0.2, 0.25) is 0 Å². The first-order valence-electron chi connectivity index (χ1n) is 23.3. The minimum atomic E-state index is 0.852. The standard InChI is InChI=1S/C64H38N4/c1-4-16-48-39(13-1)25-26-41-27-28-44(36-54(41)48)62-63(66-57-22-10-9-21-56(57)65-62)46-33-43-15-3-5-17-49(43)60(38-46)68-59-24-12-8-20-52(59)55-35-42-29-31-47(34-45(42)37-61(55)68)67-58-23-11-7-19-51(58)53-32-30-40-14-2-6-18-50(40)64(53)67/h1-38H. The van der Waals surface area contributed by atoms with Gasteiger partial charge in [-0.05, 0) is 110 Å². The number of hydrogen-bond donors (Lipinski definition) is 0. The van der Waals surface area contributed by atoms with Crippen LogP contribution in [0.15, 0.2) is 231 Å². The molecule has 0 amide bonds. The molecule has 3 heterocycles. The molecular weight excluding hydrogens is 825 g/mol. The zero-order valence-corrected chi connectivity index (χ0v) is 36.7. The highest BCUT2D eigenvalue weighted by Crippen LogP contribution is 2.43. The molecule has 12 aromatic carbocycles. The van der Waals surface area contributed by atoms with Crippen molar-refractivity contribution < 1.29 is 0 Å². The third-order valence-corrected chi connectivity index (χ3v) is 14.4. The van der Waals surface area contributed by atoms with Crippen LogP contribution in [0.25, 0.3) is 142 Å². The predicted molar refractivity (Wildman–Crippen MR) is 287 cm³/mol. The Morgan fingerprint density at radius 2 is 0.824 bits per heavy atom. The van der Waals surface area contributed by atoms with Gasteiger partial charge in [0.15, 0.2) is 0 Å². The zero-order chi connectivity index (χ0) is 44.5. The molecule has 0 atom stereocenters. The second-order valence-electron chi connectivity index (χ2n) is 18.1. The smallest absolute Gasteiger partial charge is 0.0974 e. The van der Waals surface area contributed by atoms with Crippen molar-refractivity contribution in [1.29, 1.82) is 0 Å². The minimum Gasteiger partial charge on any atom is -0.309 e. The van der Waals surface area contributed by atoms with E-state index in [1.165, 1.54) is 75.7 Å². The van der Waals surface area contributed by atoms with Crippen molar-refractivity contribution >= 4 is 109 Å². The fourth-order valence-electron chi connectivity index (χ4n) is 11.3. The van der Waals surface area contributed by atoms with E-state index in [1.54, 1.807) is 0 Å². The van der Waals surface area contributed by atoms with Crippen molar-refractivity contribution in [2.45, 2.75) is 0 Å². The van der Waals surface area contributed by atoms with Gasteiger partial charge in [-0.1, -0.05) is 164 Å². The summed E-state index contributed by atoms with van der Waals surface area (Å²) in [7, 11) is 0. The van der Waals surface area contributed by atoms with Gasteiger partial charge in [-0.2, -0.15) is 0 Å². The predicted octanol–water partition coefficient (Wildman–Crippen LogP) is 16.9. The van der Waals surface area contributed by atoms with Crippen LogP contribution in [0, 0.1) is 0 Å². The number of benzene rings is 12. The first kappa shape index (κ1) is 37.1. The maximum absolute atomic E-state index is 5.48. The highest BCUT2D eigenvalue weighted by molar-refractivity contribution is 6.19. The molecule has 0 saturated heterocycles. The molecule has 314 valence electrons. The highest BCUT2D eigenvalue weighted by Gasteiger charge is 2.21. The van der Waals surface area contributed by atoms with Crippen LogP contribution in [0.4, 0.5) is 0 Å². The third-order valence-electron chi connectivity index (χ3n) is 14.4. The lowest BCUT2D eigenvalue weighted by molar-refractivity contribution is 1.19. The lowest BCUT2D eigenvalue weighted by Crippen LogP contribution is -1.99. The third kappa shape index (κ3) is 5.43. The number of aromatic nitrogens is 4. The Balaban J connectivity index is 0.988. The summed E-state index contributed by atoms with van der Waals surface area (Å²) >= 11 is 0. The average molecular weight is 863 g/mol. The first-order chi connectivity index (χ1) is 33.7. The molecule has 3 aromatic heterocycles. The molecule has 0 unspecified atom stereocenters. The van der Waals surface area contributed by atoms with E-state index in [9.17, 15) is 0 Å². The monoisotopic (exact) mass is 862 g/mol. The number of rotatable bonds is 4. The van der Waals surface area contributed by atoms with E-state index in [-0.39, 0.29) is 0 Å². The summed E-state index contributed by atoms with van der Waals surface area (Å²) < 4.78 is 4.94. The van der Waals surface area contributed by atoms with Crippen LogP contribution < -0.4 is 0 Å². The molecule has 15 aromatic rings. The molecule has 0 fully saturated rings. The van der Waals surface area contributed by atoms with Gasteiger partial charge in [-0.25, -0.2) is 9.97 Å². The van der Waals surface area contributed by atoms with E-state index < -0.39 is 0 Å². The Labute approximate surface area is 390 Å². The summed E-state index contributed by atoms with van der Waals surface area (Å²) in [6, 6.07) is 84.1. The molecule has 0 aliphatic rings. The molecule has 68 heavy (non-hydrogen) atoms. The van der Waals surface area contributed by atoms with Crippen LogP contribution in [0.1, 0.15) is 0 Å². The van der Waals surface area contributed by atoms with Gasteiger partial charge in [0.05, 0.1) is 50.2 Å². The molecule has 0 aliphatic heterocycles. The van der Waals surface area contributed by atoms with Crippen LogP contribution in [0.5, 0.6) is 0 Å². The van der Waals surface area contributed by atoms with Crippen LogP contribution in [-0.2, 0) is 0 Å². The quantitative estimate of drug-likeness (QED) is 0.165. The van der Waals surface area contributed by atoms with Crippen molar-refractivity contribution in [3.63, 3.8) is 0 Å². The van der Waals surface area contributed by atoms with E-state index in [1.807, 2.05) is 12.1 Å². The van der Waals surface area contributed by atoms with Crippen LogP contribution >= 0.6 is 0 Å². The minimum absolute atomic E-state index is 0.852. The summed E-state index contributed by atoms with van der Waals surface area (Å²) in [5, 5.41) is 17.0. The fourth-order valence-corrected chi connectivity index (χ4v) is 11.3. The van der Waals surface area contributed by atoms with E-state index in [2.05, 4.69) is 228 Å². The second kappa shape index (κ2) is 14.2. The molecule has 0 aliphatic carbocycles. The van der Waals surface area contributed by atoms with Crippen molar-refractivity contribution in [3.05, 3.63) is 231 Å². The van der Waals surface area contributed by atoms with Gasteiger partial charge in [0.2, 0.25) is 0 Å². The van der Waals surface area contributed by atoms with Gasteiger partial charge in [-0.3, -0.25) is 0 Å². The lowest BCUT2D eigenvalue weighted by atomic mass is 9.96. The van der Waals surface area contributed by atoms with Crippen molar-refractivity contribution in [3.8, 4) is 33.9 Å². The SMILES string of the molecule is c1ccc2c(-n3c4ccccc4c4cc5ccc(-n6c7ccccc7c7ccc8ccccc8c76)cc5cc43)cc(-c3nc4ccccc4nc3-c3ccc4ccc5ccccc5c4c3)cc2c1. The van der Waals surface area contributed by atoms with E-state index in [0.29, 0.717) is 0 Å². The highest BCUT2D eigenvalue weighted by atomic mass is 15.0. The number of para-hydroxylation sites is 4. The average Bonchev–Trinajstić information content (AvgIpc) is 3.91. The fraction of sp³-hybridized carbons (Fsp3) is 0. The molecule has 0 saturated carbocycles. The Hall–Kier alpha value is -9.12. The number of fused-ring (bicyclic) bond motifs is 14. The first-order valence-corrected chi connectivity index (χ1v) is 23.3. The van der Waals surface area contributed by atoms with Crippen LogP contribution in [0.3, 0.4) is 0 Å². The van der Waals surface area contributed by atoms with E-state index in [4.69, 9.17) is 9.97 Å². The van der Waals surface area contributed by atoms with Gasteiger partial charge in [0.1, 0.15) is 0 Å². The summed E-state index contributed by atoms with van der Waals surface area (Å²) in [5.41, 5.74) is 12.5. The van der Waals surface area contributed by atoms with Gasteiger partial charge in [0.25, 0.3) is 0 Å². The Morgan fingerprint density at radius 1 is 0.265 bits per heavy atom. The lowest BCUT2D eigenvalue weighted by Gasteiger charge is -2.17. The van der Waals surface area contributed by atoms with Gasteiger partial charge in [0, 0.05) is 49.1 Å². The Morgan fingerprint density at radius 3 is 1.60 bits per heavy atom. The molecule has 4 heteroatoms. The Kier molecular flexibility index (Phi) is 7.75. The number of nitrogens with zero attached hydrogens (tertiary/aromatic N) is 4. The molecule has 0 bridgehead atoms. The molecular formula is C64H38N4. The Bertz CT molecular complexity index is 4630. The summed E-state index contributed by atoms with van der Waals surface area (Å²) in [6.07, 6.45) is 0. The molecule has 15 rings (SSSR count). The summed E-state index contributed by atoms with van der Waals surface area (Å²) in [5.74, 6) is 0. The van der Waals surface area contributed by atoms with Crippen LogP contribution in [-0.4, -0.2) is 19.1 Å². The van der Waals surface area contributed by atoms with Crippen molar-refractivity contribution in [2.75, 3.05) is 0 Å². The summed E-state index contributed by atoms with van der Waals surface area (Å²) in [4.78, 5) is 10.9. The van der Waals surface area contributed by atoms with E-state index >= 15 is 0 Å². The second-order valence-corrected chi connectivity index (χ2v) is 18.1. The molecule has 0 radical (unpaired) electrons. The van der Waals surface area contributed by atoms with Gasteiger partial charge < -0.3 is 9.13 Å². The van der Waals surface area contributed by atoms with Crippen molar-refractivity contribution in [2.24, 2.45) is 0 Å². The number of hydrogen-bond acceptors (Lipinski definition) is 2. The van der Waals surface area contributed by atoms with E-state index in [0.717, 1.165) is 66.7 Å². The molecule has 4 nitrogen and oxygen atoms in total. The molecule has 0 N–H and O–H groups in total. The largest absolute Gasteiger partial charge is 0.309 e. The summed E-state index contributed by atoms with van der Waals surface area (Å²) in [6.45, 7) is 0. The van der Waals surface area contributed by atoms with Gasteiger partial charge >= 0.3 is 0 Å². The maximum atomic E-state index is 5.48. The van der Waals surface area contributed by atoms with Crippen molar-refractivity contribution in [1.82, 2.24) is 19.1 Å². The topological polar surface area (TPSA) is 35.6 Å². The normalized spacial score (nSPS) is 12.1.